The average molecular weight is 223 g/mol. The molecule has 4 nitrogen and oxygen atoms in total. The molecule has 0 aromatic heterocycles. The average Bonchev–Trinajstić information content (AvgIpc) is 1.99. The Bertz CT molecular complexity index is 259. The number of hydrogen-bond donors (Lipinski definition) is 2. The Morgan fingerprint density at radius 1 is 1.43 bits per heavy atom. The second kappa shape index (κ2) is 5.09. The summed E-state index contributed by atoms with van der Waals surface area (Å²) >= 11 is 0. The van der Waals surface area contributed by atoms with Gasteiger partial charge in [0.2, 0.25) is 0 Å². The molecule has 0 aliphatic heterocycles. The van der Waals surface area contributed by atoms with Crippen molar-refractivity contribution >= 4 is 9.84 Å². The van der Waals surface area contributed by atoms with Crippen LogP contribution in [-0.4, -0.2) is 43.7 Å². The summed E-state index contributed by atoms with van der Waals surface area (Å²) in [5, 5.41) is 11.8. The number of hydrogen-bond acceptors (Lipinski definition) is 4. The van der Waals surface area contributed by atoms with E-state index in [1.807, 2.05) is 6.92 Å². The first-order valence-corrected chi connectivity index (χ1v) is 6.63. The highest BCUT2D eigenvalue weighted by Crippen LogP contribution is 2.13. The number of aliphatic hydroxyl groups excluding tert-OH is 1. The molecule has 0 heterocycles. The molecule has 0 bridgehead atoms. The molecule has 14 heavy (non-hydrogen) atoms. The summed E-state index contributed by atoms with van der Waals surface area (Å²) in [6.45, 7) is 5.84. The zero-order valence-electron chi connectivity index (χ0n) is 9.37. The summed E-state index contributed by atoms with van der Waals surface area (Å²) < 4.78 is 21.9. The fraction of sp³-hybridized carbons (Fsp3) is 1.00. The van der Waals surface area contributed by atoms with Crippen molar-refractivity contribution in [1.29, 1.82) is 0 Å². The molecule has 1 unspecified atom stereocenters. The first-order valence-electron chi connectivity index (χ1n) is 4.74. The van der Waals surface area contributed by atoms with Crippen LogP contribution in [0.1, 0.15) is 27.2 Å². The fourth-order valence-corrected chi connectivity index (χ4v) is 1.19. The molecule has 0 fully saturated rings. The van der Waals surface area contributed by atoms with E-state index in [2.05, 4.69) is 5.32 Å². The third kappa shape index (κ3) is 4.39. The van der Waals surface area contributed by atoms with E-state index in [1.54, 1.807) is 13.8 Å². The molecule has 0 aromatic rings. The molecule has 0 aliphatic rings. The van der Waals surface area contributed by atoms with Crippen molar-refractivity contribution in [3.8, 4) is 0 Å². The van der Waals surface area contributed by atoms with Gasteiger partial charge in [0.05, 0.1) is 4.75 Å². The Morgan fingerprint density at radius 3 is 2.29 bits per heavy atom. The summed E-state index contributed by atoms with van der Waals surface area (Å²) in [6.07, 6.45) is 1.88. The summed E-state index contributed by atoms with van der Waals surface area (Å²) in [5.74, 6) is 0. The minimum absolute atomic E-state index is 0.119. The molecule has 86 valence electrons. The summed E-state index contributed by atoms with van der Waals surface area (Å²) in [6, 6.07) is 0.140. The summed E-state index contributed by atoms with van der Waals surface area (Å²) in [7, 11) is -3.04. The zero-order chi connectivity index (χ0) is 11.4. The van der Waals surface area contributed by atoms with Gasteiger partial charge in [-0.3, -0.25) is 0 Å². The molecular formula is C9H21NO3S. The summed E-state index contributed by atoms with van der Waals surface area (Å²) in [5.41, 5.74) is 0. The van der Waals surface area contributed by atoms with Gasteiger partial charge in [0, 0.05) is 25.4 Å². The van der Waals surface area contributed by atoms with Crippen LogP contribution in [0.15, 0.2) is 0 Å². The Balaban J connectivity index is 4.13. The minimum atomic E-state index is -3.04. The molecule has 0 saturated carbocycles. The second-order valence-corrected chi connectivity index (χ2v) is 6.98. The van der Waals surface area contributed by atoms with Crippen LogP contribution in [0.3, 0.4) is 0 Å². The largest absolute Gasteiger partial charge is 0.396 e. The van der Waals surface area contributed by atoms with E-state index in [0.717, 1.165) is 0 Å². The van der Waals surface area contributed by atoms with Crippen LogP contribution >= 0.6 is 0 Å². The highest BCUT2D eigenvalue weighted by molar-refractivity contribution is 7.92. The fourth-order valence-electron chi connectivity index (χ4n) is 0.847. The van der Waals surface area contributed by atoms with E-state index < -0.39 is 14.6 Å². The van der Waals surface area contributed by atoms with Crippen LogP contribution in [0.5, 0.6) is 0 Å². The lowest BCUT2D eigenvalue weighted by Crippen LogP contribution is -2.44. The molecule has 0 aromatic carbocycles. The lowest BCUT2D eigenvalue weighted by Gasteiger charge is -2.25. The maximum Gasteiger partial charge on any atom is 0.153 e. The predicted molar refractivity (Wildman–Crippen MR) is 58.1 cm³/mol. The van der Waals surface area contributed by atoms with E-state index in [1.165, 1.54) is 6.26 Å². The first kappa shape index (κ1) is 13.9. The van der Waals surface area contributed by atoms with Crippen molar-refractivity contribution in [2.75, 3.05) is 19.4 Å². The van der Waals surface area contributed by atoms with Crippen molar-refractivity contribution in [2.24, 2.45) is 0 Å². The van der Waals surface area contributed by atoms with E-state index in [0.29, 0.717) is 13.0 Å². The van der Waals surface area contributed by atoms with E-state index in [-0.39, 0.29) is 12.6 Å². The normalized spacial score (nSPS) is 15.5. The van der Waals surface area contributed by atoms with E-state index >= 15 is 0 Å². The highest BCUT2D eigenvalue weighted by Gasteiger charge is 2.29. The zero-order valence-corrected chi connectivity index (χ0v) is 10.2. The van der Waals surface area contributed by atoms with Gasteiger partial charge in [0.15, 0.2) is 9.84 Å². The van der Waals surface area contributed by atoms with Gasteiger partial charge in [-0.05, 0) is 27.2 Å². The minimum Gasteiger partial charge on any atom is -0.396 e. The van der Waals surface area contributed by atoms with Crippen LogP contribution in [0.4, 0.5) is 0 Å². The van der Waals surface area contributed by atoms with Gasteiger partial charge in [0.1, 0.15) is 0 Å². The lowest BCUT2D eigenvalue weighted by atomic mass is 10.2. The Morgan fingerprint density at radius 2 is 1.93 bits per heavy atom. The van der Waals surface area contributed by atoms with Crippen molar-refractivity contribution in [2.45, 2.75) is 38.0 Å². The van der Waals surface area contributed by atoms with Gasteiger partial charge in [-0.2, -0.15) is 0 Å². The molecule has 0 rings (SSSR count). The third-order valence-electron chi connectivity index (χ3n) is 2.44. The van der Waals surface area contributed by atoms with Gasteiger partial charge in [-0.1, -0.05) is 0 Å². The van der Waals surface area contributed by atoms with Gasteiger partial charge in [-0.15, -0.1) is 0 Å². The molecule has 0 aliphatic carbocycles. The van der Waals surface area contributed by atoms with Crippen molar-refractivity contribution in [1.82, 2.24) is 5.32 Å². The lowest BCUT2D eigenvalue weighted by molar-refractivity contribution is 0.267. The molecule has 0 saturated heterocycles. The molecule has 5 heteroatoms. The molecule has 0 amide bonds. The topological polar surface area (TPSA) is 66.4 Å². The highest BCUT2D eigenvalue weighted by atomic mass is 32.2. The number of nitrogens with one attached hydrogen (secondary N) is 1. The van der Waals surface area contributed by atoms with Crippen LogP contribution in [0.2, 0.25) is 0 Å². The first-order chi connectivity index (χ1) is 6.20. The van der Waals surface area contributed by atoms with Crippen LogP contribution in [-0.2, 0) is 9.84 Å². The quantitative estimate of drug-likeness (QED) is 0.673. The number of aliphatic hydroxyl groups is 1. The van der Waals surface area contributed by atoms with Gasteiger partial charge in [-0.25, -0.2) is 8.42 Å². The van der Waals surface area contributed by atoms with Gasteiger partial charge >= 0.3 is 0 Å². The summed E-state index contributed by atoms with van der Waals surface area (Å²) in [4.78, 5) is 0. The second-order valence-electron chi connectivity index (χ2n) is 4.33. The van der Waals surface area contributed by atoms with Gasteiger partial charge in [0.25, 0.3) is 0 Å². The number of sulfone groups is 1. The molecule has 1 atom stereocenters. The predicted octanol–water partition coefficient (Wildman–Crippen LogP) is 0.170. The van der Waals surface area contributed by atoms with Gasteiger partial charge < -0.3 is 10.4 Å². The molecule has 0 spiro atoms. The number of rotatable bonds is 6. The van der Waals surface area contributed by atoms with Crippen molar-refractivity contribution in [3.05, 3.63) is 0 Å². The van der Waals surface area contributed by atoms with Crippen LogP contribution < -0.4 is 5.32 Å². The third-order valence-corrected chi connectivity index (χ3v) is 4.59. The maximum atomic E-state index is 11.3. The smallest absolute Gasteiger partial charge is 0.153 e. The van der Waals surface area contributed by atoms with Crippen LogP contribution in [0.25, 0.3) is 0 Å². The standard InChI is InChI=1S/C9H21NO3S/c1-8(5-6-11)10-7-9(2,3)14(4,12)13/h8,10-11H,5-7H2,1-4H3. The van der Waals surface area contributed by atoms with Crippen molar-refractivity contribution < 1.29 is 13.5 Å². The Hall–Kier alpha value is -0.130. The molecule has 0 radical (unpaired) electrons. The van der Waals surface area contributed by atoms with E-state index in [9.17, 15) is 8.42 Å². The Kier molecular flexibility index (Phi) is 5.05. The maximum absolute atomic E-state index is 11.3. The van der Waals surface area contributed by atoms with Crippen molar-refractivity contribution in [3.63, 3.8) is 0 Å². The monoisotopic (exact) mass is 223 g/mol. The molecule has 2 N–H and O–H groups in total. The SMILES string of the molecule is CC(CCO)NCC(C)(C)S(C)(=O)=O. The van der Waals surface area contributed by atoms with E-state index in [4.69, 9.17) is 5.11 Å². The van der Waals surface area contributed by atoms with Crippen LogP contribution in [0, 0.1) is 0 Å². The Labute approximate surface area is 86.6 Å². The molecular weight excluding hydrogens is 202 g/mol.